The minimum atomic E-state index is -3.93. The lowest BCUT2D eigenvalue weighted by molar-refractivity contribution is 0.503. The summed E-state index contributed by atoms with van der Waals surface area (Å²) >= 11 is 0. The second-order valence-corrected chi connectivity index (χ2v) is 14.3. The molecular formula is C24H28O3PS2+. The molecule has 0 aliphatic rings. The molecule has 0 bridgehead atoms. The molecule has 0 heterocycles. The number of benzene rings is 3. The Morgan fingerprint density at radius 1 is 0.633 bits per heavy atom. The minimum Gasteiger partial charge on any atom is -0.277 e. The normalized spacial score (nSPS) is 12.0. The van der Waals surface area contributed by atoms with E-state index in [0.717, 1.165) is 31.8 Å². The van der Waals surface area contributed by atoms with E-state index in [0.29, 0.717) is 16.5 Å². The first kappa shape index (κ1) is 23.0. The zero-order valence-corrected chi connectivity index (χ0v) is 19.5. The van der Waals surface area contributed by atoms with Gasteiger partial charge >= 0.3 is 9.15 Å². The predicted octanol–water partition coefficient (Wildman–Crippen LogP) is 5.08. The van der Waals surface area contributed by atoms with E-state index in [1.807, 2.05) is 0 Å². The van der Waals surface area contributed by atoms with Crippen molar-refractivity contribution in [3.05, 3.63) is 91.0 Å². The molecule has 0 fully saturated rings. The molecule has 158 valence electrons. The van der Waals surface area contributed by atoms with Crippen LogP contribution in [0, 0.1) is 0 Å². The standard InChI is InChI=1S/C24H27O3PS2/c25-30(26,27)29-21-13-2-1-12-20-28(22-14-6-3-7-15-22,23-16-8-4-9-17-23)24-18-10-5-11-19-24/h3-11,14-19H,1-2,12-13,20-21H2/p+1. The molecule has 3 nitrogen and oxygen atoms in total. The SMILES string of the molecule is O=S(=O)(O)SCCCCCC[P+](c1ccccc1)(c1ccccc1)c1ccccc1. The quantitative estimate of drug-likeness (QED) is 0.188. The van der Waals surface area contributed by atoms with Gasteiger partial charge in [0.15, 0.2) is 0 Å². The van der Waals surface area contributed by atoms with E-state index in [4.69, 9.17) is 4.55 Å². The average molecular weight is 460 g/mol. The lowest BCUT2D eigenvalue weighted by Crippen LogP contribution is -2.33. The van der Waals surface area contributed by atoms with Crippen molar-refractivity contribution in [1.82, 2.24) is 0 Å². The fourth-order valence-corrected chi connectivity index (χ4v) is 9.78. The van der Waals surface area contributed by atoms with Gasteiger partial charge in [-0.1, -0.05) is 61.0 Å². The maximum Gasteiger partial charge on any atom is 0.319 e. The predicted molar refractivity (Wildman–Crippen MR) is 132 cm³/mol. The van der Waals surface area contributed by atoms with Crippen LogP contribution in [0.1, 0.15) is 25.7 Å². The highest BCUT2D eigenvalue weighted by Gasteiger charge is 2.44. The van der Waals surface area contributed by atoms with Crippen LogP contribution in [-0.4, -0.2) is 24.9 Å². The largest absolute Gasteiger partial charge is 0.319 e. The van der Waals surface area contributed by atoms with Crippen LogP contribution in [0.2, 0.25) is 0 Å². The van der Waals surface area contributed by atoms with Crippen molar-refractivity contribution in [2.24, 2.45) is 0 Å². The van der Waals surface area contributed by atoms with Crippen molar-refractivity contribution < 1.29 is 13.0 Å². The van der Waals surface area contributed by atoms with Gasteiger partial charge in [0.05, 0.1) is 6.16 Å². The Labute approximate surface area is 184 Å². The molecular weight excluding hydrogens is 431 g/mol. The van der Waals surface area contributed by atoms with Crippen LogP contribution in [0.25, 0.3) is 0 Å². The summed E-state index contributed by atoms with van der Waals surface area (Å²) in [7, 11) is -5.08. The molecule has 0 saturated heterocycles. The van der Waals surface area contributed by atoms with Crippen LogP contribution >= 0.6 is 18.1 Å². The number of rotatable bonds is 11. The third-order valence-electron chi connectivity index (χ3n) is 5.21. The summed E-state index contributed by atoms with van der Waals surface area (Å²) in [5.74, 6) is 0.440. The van der Waals surface area contributed by atoms with Crippen LogP contribution in [0.15, 0.2) is 91.0 Å². The summed E-state index contributed by atoms with van der Waals surface area (Å²) in [5.41, 5.74) is 0. The van der Waals surface area contributed by atoms with Crippen molar-refractivity contribution >= 4 is 43.1 Å². The third-order valence-corrected chi connectivity index (χ3v) is 11.9. The molecule has 0 atom stereocenters. The van der Waals surface area contributed by atoms with E-state index in [1.165, 1.54) is 15.9 Å². The molecule has 6 heteroatoms. The summed E-state index contributed by atoms with van der Waals surface area (Å²) in [4.78, 5) is 0. The van der Waals surface area contributed by atoms with Gasteiger partial charge in [-0.15, -0.1) is 0 Å². The minimum absolute atomic E-state index is 0.440. The van der Waals surface area contributed by atoms with Gasteiger partial charge in [-0.3, -0.25) is 4.55 Å². The first-order valence-electron chi connectivity index (χ1n) is 10.2. The Morgan fingerprint density at radius 3 is 1.43 bits per heavy atom. The molecule has 0 spiro atoms. The maximum atomic E-state index is 10.8. The molecule has 0 radical (unpaired) electrons. The summed E-state index contributed by atoms with van der Waals surface area (Å²) in [6.07, 6.45) is 4.94. The Kier molecular flexibility index (Phi) is 8.52. The lowest BCUT2D eigenvalue weighted by Gasteiger charge is -2.27. The molecule has 0 aliphatic carbocycles. The lowest BCUT2D eigenvalue weighted by atomic mass is 10.2. The number of hydrogen-bond donors (Lipinski definition) is 1. The average Bonchev–Trinajstić information content (AvgIpc) is 2.77. The highest BCUT2D eigenvalue weighted by molar-refractivity contribution is 8.69. The summed E-state index contributed by atoms with van der Waals surface area (Å²) < 4.78 is 30.5. The molecule has 3 rings (SSSR count). The van der Waals surface area contributed by atoms with Crippen LogP contribution in [0.3, 0.4) is 0 Å². The van der Waals surface area contributed by atoms with E-state index >= 15 is 0 Å². The molecule has 0 saturated carbocycles. The molecule has 0 aliphatic heterocycles. The fraction of sp³-hybridized carbons (Fsp3) is 0.250. The Hall–Kier alpha value is -1.65. The van der Waals surface area contributed by atoms with E-state index in [1.54, 1.807) is 0 Å². The van der Waals surface area contributed by atoms with Crippen molar-refractivity contribution in [1.29, 1.82) is 0 Å². The van der Waals surface area contributed by atoms with Crippen molar-refractivity contribution in [3.63, 3.8) is 0 Å². The topological polar surface area (TPSA) is 54.4 Å². The number of hydrogen-bond acceptors (Lipinski definition) is 3. The molecule has 0 amide bonds. The fourth-order valence-electron chi connectivity index (χ4n) is 3.85. The Bertz CT molecular complexity index is 898. The van der Waals surface area contributed by atoms with Gasteiger partial charge in [0.2, 0.25) is 0 Å². The van der Waals surface area contributed by atoms with Crippen LogP contribution < -0.4 is 15.9 Å². The van der Waals surface area contributed by atoms with Gasteiger partial charge in [-0.05, 0) is 66.5 Å². The van der Waals surface area contributed by atoms with E-state index in [-0.39, 0.29) is 0 Å². The van der Waals surface area contributed by atoms with Gasteiger partial charge in [-0.2, -0.15) is 8.42 Å². The number of unbranched alkanes of at least 4 members (excludes halogenated alkanes) is 3. The Balaban J connectivity index is 1.83. The van der Waals surface area contributed by atoms with Crippen LogP contribution in [0.5, 0.6) is 0 Å². The van der Waals surface area contributed by atoms with Gasteiger partial charge in [0, 0.05) is 5.75 Å². The zero-order chi connectivity index (χ0) is 21.3. The first-order chi connectivity index (χ1) is 14.5. The summed E-state index contributed by atoms with van der Waals surface area (Å²) in [6, 6.07) is 32.5. The van der Waals surface area contributed by atoms with E-state index < -0.39 is 16.4 Å². The zero-order valence-electron chi connectivity index (χ0n) is 16.9. The van der Waals surface area contributed by atoms with Crippen LogP contribution in [0.4, 0.5) is 0 Å². The molecule has 3 aromatic rings. The maximum absolute atomic E-state index is 10.8. The molecule has 0 unspecified atom stereocenters. The van der Waals surface area contributed by atoms with Gasteiger partial charge in [0.25, 0.3) is 0 Å². The van der Waals surface area contributed by atoms with Gasteiger partial charge in [0.1, 0.15) is 23.2 Å². The summed E-state index contributed by atoms with van der Waals surface area (Å²) in [6.45, 7) is 0. The van der Waals surface area contributed by atoms with Crippen LogP contribution in [-0.2, 0) is 9.15 Å². The van der Waals surface area contributed by atoms with Crippen molar-refractivity contribution in [2.45, 2.75) is 25.7 Å². The highest BCUT2D eigenvalue weighted by Crippen LogP contribution is 2.55. The third kappa shape index (κ3) is 6.18. The summed E-state index contributed by atoms with van der Waals surface area (Å²) in [5, 5.41) is 4.18. The molecule has 0 aromatic heterocycles. The molecule has 30 heavy (non-hydrogen) atoms. The van der Waals surface area contributed by atoms with Gasteiger partial charge in [-0.25, -0.2) is 0 Å². The van der Waals surface area contributed by atoms with Gasteiger partial charge < -0.3 is 0 Å². The second-order valence-electron chi connectivity index (χ2n) is 7.20. The van der Waals surface area contributed by atoms with E-state index in [2.05, 4.69) is 91.0 Å². The van der Waals surface area contributed by atoms with E-state index in [9.17, 15) is 8.42 Å². The molecule has 1 N–H and O–H groups in total. The second kappa shape index (κ2) is 11.1. The van der Waals surface area contributed by atoms with Crippen molar-refractivity contribution in [2.75, 3.05) is 11.9 Å². The monoisotopic (exact) mass is 459 g/mol. The van der Waals surface area contributed by atoms with Crippen molar-refractivity contribution in [3.8, 4) is 0 Å². The smallest absolute Gasteiger partial charge is 0.277 e. The highest BCUT2D eigenvalue weighted by atomic mass is 33.1. The Morgan fingerprint density at radius 2 is 1.03 bits per heavy atom. The first-order valence-corrected chi connectivity index (χ1v) is 15.1. The molecule has 3 aromatic carbocycles.